The van der Waals surface area contributed by atoms with Crippen molar-refractivity contribution >= 4 is 17.2 Å². The normalized spacial score (nSPS) is 20.4. The highest BCUT2D eigenvalue weighted by Crippen LogP contribution is 2.07. The Hall–Kier alpha value is -1.14. The summed E-state index contributed by atoms with van der Waals surface area (Å²) in [4.78, 5) is 25.0. The molecule has 1 aliphatic heterocycles. The number of thiazole rings is 1. The molecule has 1 aromatic heterocycles. The average Bonchev–Trinajstić information content (AvgIpc) is 2.84. The first-order valence-electron chi connectivity index (χ1n) is 4.91. The molecule has 0 aromatic carbocycles. The van der Waals surface area contributed by atoms with Gasteiger partial charge in [-0.3, -0.25) is 9.59 Å². The van der Waals surface area contributed by atoms with Crippen LogP contribution in [-0.2, 0) is 11.3 Å². The summed E-state index contributed by atoms with van der Waals surface area (Å²) < 4.78 is 0. The van der Waals surface area contributed by atoms with Gasteiger partial charge in [-0.1, -0.05) is 11.3 Å². The first kappa shape index (κ1) is 10.4. The number of amides is 1. The fraction of sp³-hybridized carbons (Fsp3) is 0.556. The van der Waals surface area contributed by atoms with Gasteiger partial charge in [0.1, 0.15) is 0 Å². The topological polar surface area (TPSA) is 74.0 Å². The molecule has 6 heteroatoms. The van der Waals surface area contributed by atoms with Gasteiger partial charge in [-0.2, -0.15) is 0 Å². The van der Waals surface area contributed by atoms with E-state index in [1.165, 1.54) is 0 Å². The van der Waals surface area contributed by atoms with Crippen LogP contribution in [0, 0.1) is 5.92 Å². The molecule has 0 saturated carbocycles. The Morgan fingerprint density at radius 2 is 2.53 bits per heavy atom. The summed E-state index contributed by atoms with van der Waals surface area (Å²) in [5, 5.41) is 7.68. The second-order valence-corrected chi connectivity index (χ2v) is 4.42. The molecule has 0 aliphatic carbocycles. The molecule has 1 atom stereocenters. The largest absolute Gasteiger partial charge is 0.350 e. The number of carbonyl (C=O) groups is 1. The lowest BCUT2D eigenvalue weighted by atomic mass is 10.1. The van der Waals surface area contributed by atoms with Crippen molar-refractivity contribution in [2.45, 2.75) is 13.0 Å². The fourth-order valence-corrected chi connectivity index (χ4v) is 2.19. The van der Waals surface area contributed by atoms with Gasteiger partial charge in [0, 0.05) is 17.6 Å². The van der Waals surface area contributed by atoms with Crippen LogP contribution in [0.3, 0.4) is 0 Å². The summed E-state index contributed by atoms with van der Waals surface area (Å²) in [6.07, 6.45) is 0.895. The molecule has 1 amide bonds. The van der Waals surface area contributed by atoms with E-state index < -0.39 is 0 Å². The van der Waals surface area contributed by atoms with Crippen LogP contribution in [0.15, 0.2) is 10.2 Å². The zero-order chi connectivity index (χ0) is 10.7. The summed E-state index contributed by atoms with van der Waals surface area (Å²) in [5.41, 5.74) is 0.768. The van der Waals surface area contributed by atoms with Gasteiger partial charge >= 0.3 is 4.87 Å². The lowest BCUT2D eigenvalue weighted by Crippen LogP contribution is -2.31. The molecule has 0 bridgehead atoms. The monoisotopic (exact) mass is 227 g/mol. The Balaban J connectivity index is 1.82. The number of hydrogen-bond acceptors (Lipinski definition) is 4. The predicted molar refractivity (Wildman–Crippen MR) is 57.8 cm³/mol. The number of rotatable bonds is 3. The number of aromatic amines is 1. The maximum atomic E-state index is 11.6. The van der Waals surface area contributed by atoms with Gasteiger partial charge < -0.3 is 15.6 Å². The van der Waals surface area contributed by atoms with Crippen LogP contribution in [0.5, 0.6) is 0 Å². The minimum absolute atomic E-state index is 0.0621. The highest BCUT2D eigenvalue weighted by atomic mass is 32.1. The second-order valence-electron chi connectivity index (χ2n) is 3.58. The van der Waals surface area contributed by atoms with Crippen LogP contribution >= 0.6 is 11.3 Å². The standard InChI is InChI=1S/C9H13N3O2S/c13-8(6-1-2-10-3-6)11-4-7-5-15-9(14)12-7/h5-6,10H,1-4H2,(H,11,13)(H,12,14). The van der Waals surface area contributed by atoms with Gasteiger partial charge in [0.05, 0.1) is 12.5 Å². The van der Waals surface area contributed by atoms with Gasteiger partial charge in [-0.25, -0.2) is 0 Å². The number of nitrogens with one attached hydrogen (secondary N) is 3. The number of aromatic nitrogens is 1. The van der Waals surface area contributed by atoms with E-state index in [4.69, 9.17) is 0 Å². The molecule has 3 N–H and O–H groups in total. The second kappa shape index (κ2) is 4.59. The van der Waals surface area contributed by atoms with Crippen LogP contribution in [0.2, 0.25) is 0 Å². The molecule has 1 aliphatic rings. The van der Waals surface area contributed by atoms with Gasteiger partial charge in [0.15, 0.2) is 0 Å². The zero-order valence-electron chi connectivity index (χ0n) is 8.21. The number of hydrogen-bond donors (Lipinski definition) is 3. The molecule has 1 fully saturated rings. The molecule has 82 valence electrons. The van der Waals surface area contributed by atoms with E-state index >= 15 is 0 Å². The first-order chi connectivity index (χ1) is 7.25. The third kappa shape index (κ3) is 2.66. The molecule has 2 rings (SSSR count). The van der Waals surface area contributed by atoms with E-state index in [0.29, 0.717) is 6.54 Å². The van der Waals surface area contributed by atoms with Gasteiger partial charge in [0.2, 0.25) is 5.91 Å². The van der Waals surface area contributed by atoms with E-state index in [2.05, 4.69) is 15.6 Å². The van der Waals surface area contributed by atoms with Crippen molar-refractivity contribution in [3.05, 3.63) is 20.7 Å². The Bertz CT molecular complexity index is 392. The maximum Gasteiger partial charge on any atom is 0.304 e. The molecular formula is C9H13N3O2S. The molecule has 1 unspecified atom stereocenters. The smallest absolute Gasteiger partial charge is 0.304 e. The first-order valence-corrected chi connectivity index (χ1v) is 5.79. The van der Waals surface area contributed by atoms with E-state index in [-0.39, 0.29) is 16.7 Å². The Labute approximate surface area is 90.9 Å². The lowest BCUT2D eigenvalue weighted by molar-refractivity contribution is -0.124. The summed E-state index contributed by atoms with van der Waals surface area (Å²) in [5.74, 6) is 0.141. The molecule has 5 nitrogen and oxygen atoms in total. The minimum Gasteiger partial charge on any atom is -0.350 e. The van der Waals surface area contributed by atoms with Crippen molar-refractivity contribution in [2.24, 2.45) is 5.92 Å². The van der Waals surface area contributed by atoms with Crippen molar-refractivity contribution in [1.29, 1.82) is 0 Å². The Morgan fingerprint density at radius 3 is 3.13 bits per heavy atom. The highest BCUT2D eigenvalue weighted by Gasteiger charge is 2.21. The molecule has 15 heavy (non-hydrogen) atoms. The molecule has 1 aromatic rings. The fourth-order valence-electron chi connectivity index (χ4n) is 1.61. The molecule has 2 heterocycles. The SMILES string of the molecule is O=C(NCc1csc(=O)[nH]1)C1CCNC1. The summed E-state index contributed by atoms with van der Waals surface area (Å²) in [6.45, 7) is 2.08. The van der Waals surface area contributed by atoms with Gasteiger partial charge in [-0.05, 0) is 13.0 Å². The van der Waals surface area contributed by atoms with Gasteiger partial charge in [-0.15, -0.1) is 0 Å². The van der Waals surface area contributed by atoms with E-state index in [0.717, 1.165) is 36.5 Å². The van der Waals surface area contributed by atoms with Crippen molar-refractivity contribution < 1.29 is 4.79 Å². The summed E-state index contributed by atoms with van der Waals surface area (Å²) >= 11 is 1.11. The van der Waals surface area contributed by atoms with Crippen LogP contribution < -0.4 is 15.5 Å². The molecular weight excluding hydrogens is 214 g/mol. The predicted octanol–water partition coefficient (Wildman–Crippen LogP) is -0.338. The Kier molecular flexibility index (Phi) is 3.17. The minimum atomic E-state index is -0.0817. The van der Waals surface area contributed by atoms with E-state index in [9.17, 15) is 9.59 Å². The number of H-pyrrole nitrogens is 1. The molecule has 0 spiro atoms. The van der Waals surface area contributed by atoms with Crippen molar-refractivity contribution in [3.8, 4) is 0 Å². The summed E-state index contributed by atoms with van der Waals surface area (Å²) in [6, 6.07) is 0. The van der Waals surface area contributed by atoms with Gasteiger partial charge in [0.25, 0.3) is 0 Å². The lowest BCUT2D eigenvalue weighted by Gasteiger charge is -2.08. The quantitative estimate of drug-likeness (QED) is 0.661. The molecule has 0 radical (unpaired) electrons. The maximum absolute atomic E-state index is 11.6. The third-order valence-corrected chi connectivity index (χ3v) is 3.17. The summed E-state index contributed by atoms with van der Waals surface area (Å²) in [7, 11) is 0. The van der Waals surface area contributed by atoms with Crippen LogP contribution in [-0.4, -0.2) is 24.0 Å². The Morgan fingerprint density at radius 1 is 1.67 bits per heavy atom. The van der Waals surface area contributed by atoms with E-state index in [1.807, 2.05) is 0 Å². The van der Waals surface area contributed by atoms with Crippen LogP contribution in [0.25, 0.3) is 0 Å². The van der Waals surface area contributed by atoms with Crippen LogP contribution in [0.4, 0.5) is 0 Å². The molecule has 1 saturated heterocycles. The van der Waals surface area contributed by atoms with Crippen molar-refractivity contribution in [2.75, 3.05) is 13.1 Å². The van der Waals surface area contributed by atoms with Crippen molar-refractivity contribution in [3.63, 3.8) is 0 Å². The number of carbonyl (C=O) groups excluding carboxylic acids is 1. The third-order valence-electron chi connectivity index (χ3n) is 2.46. The highest BCUT2D eigenvalue weighted by molar-refractivity contribution is 7.07. The van der Waals surface area contributed by atoms with Crippen molar-refractivity contribution in [1.82, 2.24) is 15.6 Å². The van der Waals surface area contributed by atoms with Crippen LogP contribution in [0.1, 0.15) is 12.1 Å². The zero-order valence-corrected chi connectivity index (χ0v) is 9.02. The average molecular weight is 227 g/mol. The van der Waals surface area contributed by atoms with E-state index in [1.54, 1.807) is 5.38 Å².